The molecule has 5 rings (SSSR count). The van der Waals surface area contributed by atoms with Gasteiger partial charge in [0.25, 0.3) is 0 Å². The summed E-state index contributed by atoms with van der Waals surface area (Å²) in [5.41, 5.74) is 4.17. The molecule has 3 heterocycles. The number of hydrogen-bond donors (Lipinski definition) is 2. The van der Waals surface area contributed by atoms with Crippen LogP contribution in [0.4, 0.5) is 0 Å². The van der Waals surface area contributed by atoms with Crippen molar-refractivity contribution in [2.24, 2.45) is 5.41 Å². The number of fused-ring (bicyclic) bond motifs is 5. The molecule has 0 unspecified atom stereocenters. The number of benzene rings is 1. The highest BCUT2D eigenvalue weighted by atomic mass is 16.1. The number of nitrogens with zero attached hydrogens (tertiary/aromatic N) is 1. The first-order chi connectivity index (χ1) is 12.7. The maximum Gasteiger partial charge on any atom is 0.220 e. The second-order valence-corrected chi connectivity index (χ2v) is 8.59. The van der Waals surface area contributed by atoms with Crippen LogP contribution in [0.1, 0.15) is 62.7 Å². The molecule has 0 radical (unpaired) electrons. The standard InChI is InChI=1S/C22H29N3O/c1-2-22(14-19(26)23-15-8-9-15)11-5-12-25-13-10-17-16-6-3-4-7-18(16)24-20(17)21(22)25/h3-4,6-7,15,21,24H,2,5,8-14H2,1H3,(H,23,26)/t21-,22+/m1/s1. The molecule has 1 saturated carbocycles. The predicted octanol–water partition coefficient (Wildman–Crippen LogP) is 3.93. The van der Waals surface area contributed by atoms with Crippen LogP contribution < -0.4 is 5.32 Å². The van der Waals surface area contributed by atoms with E-state index in [1.165, 1.54) is 28.6 Å². The number of piperidine rings is 1. The van der Waals surface area contributed by atoms with E-state index in [0.717, 1.165) is 45.2 Å². The Balaban J connectivity index is 1.55. The van der Waals surface area contributed by atoms with Crippen LogP contribution in [0.15, 0.2) is 24.3 Å². The van der Waals surface area contributed by atoms with Gasteiger partial charge in [-0.25, -0.2) is 0 Å². The molecule has 26 heavy (non-hydrogen) atoms. The number of nitrogens with one attached hydrogen (secondary N) is 2. The summed E-state index contributed by atoms with van der Waals surface area (Å²) < 4.78 is 0. The van der Waals surface area contributed by atoms with E-state index >= 15 is 0 Å². The van der Waals surface area contributed by atoms with Crippen molar-refractivity contribution < 1.29 is 4.79 Å². The van der Waals surface area contributed by atoms with Gasteiger partial charge in [-0.2, -0.15) is 0 Å². The molecular weight excluding hydrogens is 322 g/mol. The van der Waals surface area contributed by atoms with Crippen LogP contribution in [0.25, 0.3) is 10.9 Å². The van der Waals surface area contributed by atoms with Crippen LogP contribution in [-0.2, 0) is 11.2 Å². The van der Waals surface area contributed by atoms with E-state index in [4.69, 9.17) is 0 Å². The summed E-state index contributed by atoms with van der Waals surface area (Å²) in [6.45, 7) is 4.56. The molecule has 3 aliphatic rings. The van der Waals surface area contributed by atoms with Gasteiger partial charge in [0.05, 0.1) is 6.04 Å². The van der Waals surface area contributed by atoms with Crippen molar-refractivity contribution >= 4 is 16.8 Å². The Morgan fingerprint density at radius 1 is 1.31 bits per heavy atom. The van der Waals surface area contributed by atoms with E-state index in [0.29, 0.717) is 18.5 Å². The van der Waals surface area contributed by atoms with Gasteiger partial charge in [0.1, 0.15) is 0 Å². The summed E-state index contributed by atoms with van der Waals surface area (Å²) in [6, 6.07) is 9.48. The minimum absolute atomic E-state index is 0.0489. The lowest BCUT2D eigenvalue weighted by Crippen LogP contribution is -2.50. The molecule has 0 bridgehead atoms. The zero-order chi connectivity index (χ0) is 17.7. The topological polar surface area (TPSA) is 48.1 Å². The first-order valence-corrected chi connectivity index (χ1v) is 10.3. The van der Waals surface area contributed by atoms with Gasteiger partial charge in [0.15, 0.2) is 0 Å². The number of carbonyl (C=O) groups is 1. The van der Waals surface area contributed by atoms with Crippen molar-refractivity contribution in [3.05, 3.63) is 35.5 Å². The van der Waals surface area contributed by atoms with Crippen molar-refractivity contribution in [2.45, 2.75) is 64.0 Å². The highest BCUT2D eigenvalue weighted by Crippen LogP contribution is 2.53. The first-order valence-electron chi connectivity index (χ1n) is 10.3. The maximum atomic E-state index is 12.7. The van der Waals surface area contributed by atoms with E-state index in [9.17, 15) is 4.79 Å². The van der Waals surface area contributed by atoms with Crippen LogP contribution >= 0.6 is 0 Å². The fourth-order valence-corrected chi connectivity index (χ4v) is 5.50. The lowest BCUT2D eigenvalue weighted by Gasteiger charge is -2.51. The third kappa shape index (κ3) is 2.58. The Morgan fingerprint density at radius 2 is 2.15 bits per heavy atom. The Bertz CT molecular complexity index is 837. The molecule has 138 valence electrons. The van der Waals surface area contributed by atoms with E-state index < -0.39 is 0 Å². The highest BCUT2D eigenvalue weighted by molar-refractivity contribution is 5.85. The Kier molecular flexibility index (Phi) is 3.85. The van der Waals surface area contributed by atoms with Gasteiger partial charge in [0, 0.05) is 41.0 Å². The van der Waals surface area contributed by atoms with Gasteiger partial charge in [0.2, 0.25) is 5.91 Å². The molecule has 1 aromatic heterocycles. The fourth-order valence-electron chi connectivity index (χ4n) is 5.50. The zero-order valence-corrected chi connectivity index (χ0v) is 15.7. The van der Waals surface area contributed by atoms with Crippen LogP contribution in [0.5, 0.6) is 0 Å². The maximum absolute atomic E-state index is 12.7. The minimum atomic E-state index is 0.0489. The third-order valence-corrected chi connectivity index (χ3v) is 6.99. The molecule has 0 spiro atoms. The quantitative estimate of drug-likeness (QED) is 0.877. The minimum Gasteiger partial charge on any atom is -0.357 e. The summed E-state index contributed by atoms with van der Waals surface area (Å²) in [6.07, 6.45) is 7.51. The zero-order valence-electron chi connectivity index (χ0n) is 15.7. The summed E-state index contributed by atoms with van der Waals surface area (Å²) in [4.78, 5) is 19.1. The number of para-hydroxylation sites is 1. The summed E-state index contributed by atoms with van der Waals surface area (Å²) in [5.74, 6) is 0.263. The molecule has 4 nitrogen and oxygen atoms in total. The molecule has 2 atom stereocenters. The van der Waals surface area contributed by atoms with Gasteiger partial charge in [-0.3, -0.25) is 9.69 Å². The number of aromatic nitrogens is 1. The fraction of sp³-hybridized carbons (Fsp3) is 0.591. The largest absolute Gasteiger partial charge is 0.357 e. The van der Waals surface area contributed by atoms with E-state index in [2.05, 4.69) is 46.4 Å². The molecule has 4 heteroatoms. The predicted molar refractivity (Wildman–Crippen MR) is 104 cm³/mol. The van der Waals surface area contributed by atoms with E-state index in [1.54, 1.807) is 0 Å². The number of rotatable bonds is 4. The van der Waals surface area contributed by atoms with Crippen molar-refractivity contribution in [1.29, 1.82) is 0 Å². The molecule has 1 saturated heterocycles. The molecular formula is C22H29N3O. The van der Waals surface area contributed by atoms with Crippen molar-refractivity contribution in [3.63, 3.8) is 0 Å². The molecule has 2 aliphatic heterocycles. The number of amides is 1. The SMILES string of the molecule is CC[C@@]1(CC(=O)NC2CC2)CCCN2CCc3c([nH]c4ccccc34)[C@@H]21. The van der Waals surface area contributed by atoms with Crippen molar-refractivity contribution in [3.8, 4) is 0 Å². The normalized spacial score (nSPS) is 28.6. The Morgan fingerprint density at radius 3 is 2.96 bits per heavy atom. The Hall–Kier alpha value is -1.81. The van der Waals surface area contributed by atoms with Crippen LogP contribution in [-0.4, -0.2) is 34.9 Å². The summed E-state index contributed by atoms with van der Waals surface area (Å²) in [5, 5.41) is 4.61. The number of H-pyrrole nitrogens is 1. The molecule has 1 amide bonds. The number of aromatic amines is 1. The molecule has 2 aromatic rings. The van der Waals surface area contributed by atoms with Gasteiger partial charge < -0.3 is 10.3 Å². The highest BCUT2D eigenvalue weighted by Gasteiger charge is 2.48. The molecule has 2 fully saturated rings. The summed E-state index contributed by atoms with van der Waals surface area (Å²) in [7, 11) is 0. The van der Waals surface area contributed by atoms with Gasteiger partial charge in [-0.05, 0) is 56.7 Å². The second kappa shape index (κ2) is 6.12. The lowest BCUT2D eigenvalue weighted by atomic mass is 9.66. The molecule has 1 aromatic carbocycles. The Labute approximate surface area is 155 Å². The number of hydrogen-bond acceptors (Lipinski definition) is 2. The van der Waals surface area contributed by atoms with Crippen LogP contribution in [0.3, 0.4) is 0 Å². The molecule has 1 aliphatic carbocycles. The second-order valence-electron chi connectivity index (χ2n) is 8.59. The third-order valence-electron chi connectivity index (χ3n) is 6.99. The lowest BCUT2D eigenvalue weighted by molar-refractivity contribution is -0.126. The van der Waals surface area contributed by atoms with Gasteiger partial charge in [-0.1, -0.05) is 25.1 Å². The smallest absolute Gasteiger partial charge is 0.220 e. The average molecular weight is 351 g/mol. The van der Waals surface area contributed by atoms with Crippen LogP contribution in [0, 0.1) is 5.41 Å². The van der Waals surface area contributed by atoms with E-state index in [-0.39, 0.29) is 11.3 Å². The average Bonchev–Trinajstić information content (AvgIpc) is 3.38. The number of carbonyl (C=O) groups excluding carboxylic acids is 1. The van der Waals surface area contributed by atoms with Crippen LogP contribution in [0.2, 0.25) is 0 Å². The monoisotopic (exact) mass is 351 g/mol. The van der Waals surface area contributed by atoms with Crippen molar-refractivity contribution in [1.82, 2.24) is 15.2 Å². The van der Waals surface area contributed by atoms with Gasteiger partial charge in [-0.15, -0.1) is 0 Å². The van der Waals surface area contributed by atoms with E-state index in [1.807, 2.05) is 0 Å². The summed E-state index contributed by atoms with van der Waals surface area (Å²) >= 11 is 0. The first kappa shape index (κ1) is 16.4. The van der Waals surface area contributed by atoms with Crippen molar-refractivity contribution in [2.75, 3.05) is 13.1 Å². The molecule has 2 N–H and O–H groups in total. The van der Waals surface area contributed by atoms with Gasteiger partial charge >= 0.3 is 0 Å².